The highest BCUT2D eigenvalue weighted by Gasteiger charge is 2.22. The van der Waals surface area contributed by atoms with Crippen LogP contribution in [-0.4, -0.2) is 22.7 Å². The number of nitrogens with zero attached hydrogens (tertiary/aromatic N) is 3. The lowest BCUT2D eigenvalue weighted by molar-refractivity contribution is 0.0993. The third-order valence-electron chi connectivity index (χ3n) is 4.46. The summed E-state index contributed by atoms with van der Waals surface area (Å²) < 4.78 is 1.76. The standard InChI is InChI=1S/C23H19N3O/c1-25(19-13-7-3-8-14-19)23(27)21-17-26(20-15-9-4-10-16-20)24-22(21)18-11-5-2-6-12-18/h2-17H,1H3. The van der Waals surface area contributed by atoms with Gasteiger partial charge in [-0.25, -0.2) is 4.68 Å². The third-order valence-corrected chi connectivity index (χ3v) is 4.46. The number of carbonyl (C=O) groups excluding carboxylic acids is 1. The molecule has 4 aromatic rings. The summed E-state index contributed by atoms with van der Waals surface area (Å²) in [5, 5.41) is 4.72. The van der Waals surface area contributed by atoms with Crippen molar-refractivity contribution in [3.63, 3.8) is 0 Å². The van der Waals surface area contributed by atoms with Gasteiger partial charge in [0.15, 0.2) is 0 Å². The molecule has 0 saturated carbocycles. The van der Waals surface area contributed by atoms with E-state index < -0.39 is 0 Å². The number of rotatable bonds is 4. The third kappa shape index (κ3) is 3.37. The van der Waals surface area contributed by atoms with Gasteiger partial charge in [0.05, 0.1) is 11.3 Å². The Morgan fingerprint density at radius 3 is 2.00 bits per heavy atom. The van der Waals surface area contributed by atoms with Crippen LogP contribution < -0.4 is 4.90 Å². The van der Waals surface area contributed by atoms with Gasteiger partial charge in [0.2, 0.25) is 0 Å². The Hall–Kier alpha value is -3.66. The number of hydrogen-bond acceptors (Lipinski definition) is 2. The summed E-state index contributed by atoms with van der Waals surface area (Å²) in [5.74, 6) is -0.0952. The summed E-state index contributed by atoms with van der Waals surface area (Å²) in [6.45, 7) is 0. The second-order valence-electron chi connectivity index (χ2n) is 6.24. The molecule has 4 heteroatoms. The van der Waals surface area contributed by atoms with Crippen molar-refractivity contribution in [2.75, 3.05) is 11.9 Å². The van der Waals surface area contributed by atoms with E-state index in [0.717, 1.165) is 16.9 Å². The highest BCUT2D eigenvalue weighted by atomic mass is 16.2. The van der Waals surface area contributed by atoms with Gasteiger partial charge in [-0.15, -0.1) is 0 Å². The van der Waals surface area contributed by atoms with Crippen molar-refractivity contribution in [2.24, 2.45) is 0 Å². The molecule has 0 unspecified atom stereocenters. The molecule has 0 bridgehead atoms. The first-order valence-electron chi connectivity index (χ1n) is 8.77. The summed E-state index contributed by atoms with van der Waals surface area (Å²) in [7, 11) is 1.78. The molecule has 0 aliphatic carbocycles. The van der Waals surface area contributed by atoms with Crippen LogP contribution in [0.3, 0.4) is 0 Å². The van der Waals surface area contributed by atoms with E-state index in [4.69, 9.17) is 5.10 Å². The molecule has 4 rings (SSSR count). The van der Waals surface area contributed by atoms with E-state index in [1.54, 1.807) is 22.8 Å². The molecule has 0 N–H and O–H groups in total. The van der Waals surface area contributed by atoms with Crippen LogP contribution in [0.5, 0.6) is 0 Å². The summed E-state index contributed by atoms with van der Waals surface area (Å²) in [5.41, 5.74) is 3.91. The molecule has 3 aromatic carbocycles. The maximum absolute atomic E-state index is 13.3. The van der Waals surface area contributed by atoms with Crippen molar-refractivity contribution < 1.29 is 4.79 Å². The van der Waals surface area contributed by atoms with Crippen molar-refractivity contribution in [3.8, 4) is 16.9 Å². The summed E-state index contributed by atoms with van der Waals surface area (Å²) in [6.07, 6.45) is 1.80. The first-order valence-corrected chi connectivity index (χ1v) is 8.77. The number of benzene rings is 3. The van der Waals surface area contributed by atoms with Gasteiger partial charge in [-0.2, -0.15) is 5.10 Å². The minimum absolute atomic E-state index is 0.0952. The average molecular weight is 353 g/mol. The first-order chi connectivity index (χ1) is 13.2. The summed E-state index contributed by atoms with van der Waals surface area (Å²) >= 11 is 0. The highest BCUT2D eigenvalue weighted by molar-refractivity contribution is 6.09. The Labute approximate surface area is 158 Å². The molecule has 4 nitrogen and oxygen atoms in total. The molecule has 1 aromatic heterocycles. The molecule has 0 atom stereocenters. The number of anilines is 1. The lowest BCUT2D eigenvalue weighted by Crippen LogP contribution is -2.26. The predicted molar refractivity (Wildman–Crippen MR) is 108 cm³/mol. The van der Waals surface area contributed by atoms with Gasteiger partial charge in [0, 0.05) is 24.5 Å². The van der Waals surface area contributed by atoms with Crippen molar-refractivity contribution in [2.45, 2.75) is 0 Å². The van der Waals surface area contributed by atoms with Gasteiger partial charge in [-0.3, -0.25) is 4.79 Å². The Kier molecular flexibility index (Phi) is 4.54. The van der Waals surface area contributed by atoms with Crippen LogP contribution in [0.2, 0.25) is 0 Å². The summed E-state index contributed by atoms with van der Waals surface area (Å²) in [6, 6.07) is 29.2. The van der Waals surface area contributed by atoms with Gasteiger partial charge in [-0.1, -0.05) is 66.7 Å². The Balaban J connectivity index is 1.81. The van der Waals surface area contributed by atoms with Crippen LogP contribution in [0.1, 0.15) is 10.4 Å². The van der Waals surface area contributed by atoms with Crippen molar-refractivity contribution in [1.82, 2.24) is 9.78 Å². The molecular formula is C23H19N3O. The van der Waals surface area contributed by atoms with E-state index >= 15 is 0 Å². The maximum Gasteiger partial charge on any atom is 0.261 e. The molecule has 0 aliphatic rings. The van der Waals surface area contributed by atoms with E-state index in [0.29, 0.717) is 11.3 Å². The molecule has 1 amide bonds. The predicted octanol–water partition coefficient (Wildman–Crippen LogP) is 4.82. The second-order valence-corrected chi connectivity index (χ2v) is 6.24. The van der Waals surface area contributed by atoms with Gasteiger partial charge in [0.1, 0.15) is 5.69 Å². The molecule has 132 valence electrons. The number of aromatic nitrogens is 2. The van der Waals surface area contributed by atoms with Crippen molar-refractivity contribution in [1.29, 1.82) is 0 Å². The molecule has 0 spiro atoms. The smallest absolute Gasteiger partial charge is 0.261 e. The second kappa shape index (κ2) is 7.30. The van der Waals surface area contributed by atoms with Crippen LogP contribution in [0.15, 0.2) is 97.2 Å². The normalized spacial score (nSPS) is 10.6. The fourth-order valence-corrected chi connectivity index (χ4v) is 3.00. The maximum atomic E-state index is 13.3. The monoisotopic (exact) mass is 353 g/mol. The fraction of sp³-hybridized carbons (Fsp3) is 0.0435. The quantitative estimate of drug-likeness (QED) is 0.528. The summed E-state index contributed by atoms with van der Waals surface area (Å²) in [4.78, 5) is 14.9. The average Bonchev–Trinajstić information content (AvgIpc) is 3.20. The van der Waals surface area contributed by atoms with E-state index in [-0.39, 0.29) is 5.91 Å². The molecule has 0 aliphatic heterocycles. The first kappa shape index (κ1) is 16.8. The van der Waals surface area contributed by atoms with Gasteiger partial charge in [-0.05, 0) is 24.3 Å². The number of hydrogen-bond donors (Lipinski definition) is 0. The molecule has 0 radical (unpaired) electrons. The Morgan fingerprint density at radius 2 is 1.37 bits per heavy atom. The fourth-order valence-electron chi connectivity index (χ4n) is 3.00. The molecule has 0 saturated heterocycles. The zero-order valence-electron chi connectivity index (χ0n) is 15.0. The number of amides is 1. The Bertz CT molecular complexity index is 1040. The largest absolute Gasteiger partial charge is 0.311 e. The topological polar surface area (TPSA) is 38.1 Å². The van der Waals surface area contributed by atoms with Crippen LogP contribution in [0.25, 0.3) is 16.9 Å². The van der Waals surface area contributed by atoms with E-state index in [9.17, 15) is 4.79 Å². The van der Waals surface area contributed by atoms with Crippen molar-refractivity contribution in [3.05, 3.63) is 103 Å². The SMILES string of the molecule is CN(C(=O)c1cn(-c2ccccc2)nc1-c1ccccc1)c1ccccc1. The van der Waals surface area contributed by atoms with E-state index in [1.165, 1.54) is 0 Å². The lowest BCUT2D eigenvalue weighted by Gasteiger charge is -2.17. The van der Waals surface area contributed by atoms with Crippen molar-refractivity contribution >= 4 is 11.6 Å². The highest BCUT2D eigenvalue weighted by Crippen LogP contribution is 2.26. The molecule has 1 heterocycles. The minimum Gasteiger partial charge on any atom is -0.311 e. The molecular weight excluding hydrogens is 334 g/mol. The number of carbonyl (C=O) groups is 1. The van der Waals surface area contributed by atoms with Crippen LogP contribution in [0, 0.1) is 0 Å². The minimum atomic E-state index is -0.0952. The van der Waals surface area contributed by atoms with E-state index in [2.05, 4.69) is 0 Å². The molecule has 27 heavy (non-hydrogen) atoms. The van der Waals surface area contributed by atoms with Gasteiger partial charge in [0.25, 0.3) is 5.91 Å². The van der Waals surface area contributed by atoms with Gasteiger partial charge >= 0.3 is 0 Å². The lowest BCUT2D eigenvalue weighted by atomic mass is 10.1. The Morgan fingerprint density at radius 1 is 0.815 bits per heavy atom. The van der Waals surface area contributed by atoms with Gasteiger partial charge < -0.3 is 4.90 Å². The molecule has 0 fully saturated rings. The number of para-hydroxylation sites is 2. The van der Waals surface area contributed by atoms with Crippen LogP contribution in [0.4, 0.5) is 5.69 Å². The zero-order chi connectivity index (χ0) is 18.6. The van der Waals surface area contributed by atoms with Crippen LogP contribution in [-0.2, 0) is 0 Å². The zero-order valence-corrected chi connectivity index (χ0v) is 15.0. The van der Waals surface area contributed by atoms with Crippen LogP contribution >= 0.6 is 0 Å². The van der Waals surface area contributed by atoms with E-state index in [1.807, 2.05) is 91.0 Å².